The van der Waals surface area contributed by atoms with Crippen molar-refractivity contribution in [2.24, 2.45) is 0 Å². The Morgan fingerprint density at radius 1 is 0.568 bits per heavy atom. The van der Waals surface area contributed by atoms with Crippen molar-refractivity contribution in [3.8, 4) is 45.3 Å². The van der Waals surface area contributed by atoms with Gasteiger partial charge in [-0.15, -0.1) is 0 Å². The van der Waals surface area contributed by atoms with E-state index in [1.807, 2.05) is 0 Å². The molecule has 4 aliphatic rings. The quantitative estimate of drug-likeness (QED) is 0.265. The molecule has 5 aromatic rings. The van der Waals surface area contributed by atoms with Crippen molar-refractivity contribution in [2.75, 3.05) is 0 Å². The molecule has 0 N–H and O–H groups in total. The summed E-state index contributed by atoms with van der Waals surface area (Å²) in [7, 11) is 0. The van der Waals surface area contributed by atoms with E-state index in [4.69, 9.17) is 9.47 Å². The lowest BCUT2D eigenvalue weighted by Crippen LogP contribution is -2.61. The first-order valence-corrected chi connectivity index (χ1v) is 13.1. The first-order chi connectivity index (χ1) is 18.1. The van der Waals surface area contributed by atoms with Crippen LogP contribution in [0.2, 0.25) is 0 Å². The van der Waals surface area contributed by atoms with Crippen LogP contribution in [0.1, 0.15) is 33.4 Å². The summed E-state index contributed by atoms with van der Waals surface area (Å²) >= 11 is 0. The Labute approximate surface area is 216 Å². The van der Waals surface area contributed by atoms with E-state index in [0.29, 0.717) is 0 Å². The zero-order valence-electron chi connectivity index (χ0n) is 20.8. The zero-order chi connectivity index (χ0) is 24.4. The highest BCUT2D eigenvalue weighted by Gasteiger charge is 2.47. The van der Waals surface area contributed by atoms with Gasteiger partial charge >= 0.3 is 0 Å². The van der Waals surface area contributed by atoms with E-state index >= 15 is 0 Å². The first-order valence-electron chi connectivity index (χ1n) is 13.1. The van der Waals surface area contributed by atoms with E-state index < -0.39 is 0 Å². The number of ether oxygens (including phenoxy) is 2. The van der Waals surface area contributed by atoms with Gasteiger partial charge in [0, 0.05) is 23.0 Å². The summed E-state index contributed by atoms with van der Waals surface area (Å²) in [4.78, 5) is 0. The van der Waals surface area contributed by atoms with Crippen LogP contribution >= 0.6 is 0 Å². The minimum atomic E-state index is 0.137. The molecule has 0 bridgehead atoms. The van der Waals surface area contributed by atoms with Crippen LogP contribution in [0.3, 0.4) is 0 Å². The summed E-state index contributed by atoms with van der Waals surface area (Å²) < 4.78 is 13.6. The summed E-state index contributed by atoms with van der Waals surface area (Å²) in [5.41, 5.74) is 16.9. The fourth-order valence-corrected chi connectivity index (χ4v) is 7.16. The number of fused-ring (bicyclic) bond motifs is 4. The Balaban J connectivity index is 1.35. The molecule has 0 saturated carbocycles. The van der Waals surface area contributed by atoms with Crippen LogP contribution in [-0.4, -0.2) is 6.71 Å². The van der Waals surface area contributed by atoms with Gasteiger partial charge in [-0.2, -0.15) is 0 Å². The predicted octanol–water partition coefficient (Wildman–Crippen LogP) is 6.17. The van der Waals surface area contributed by atoms with Gasteiger partial charge in [-0.3, -0.25) is 0 Å². The van der Waals surface area contributed by atoms with Gasteiger partial charge in [-0.1, -0.05) is 71.8 Å². The molecule has 5 aromatic carbocycles. The van der Waals surface area contributed by atoms with Crippen LogP contribution in [0.15, 0.2) is 78.9 Å². The largest absolute Gasteiger partial charge is 0.458 e. The van der Waals surface area contributed by atoms with Crippen LogP contribution in [-0.2, 0) is 12.8 Å². The van der Waals surface area contributed by atoms with E-state index in [1.54, 1.807) is 0 Å². The third-order valence-corrected chi connectivity index (χ3v) is 8.74. The monoisotopic (exact) mass is 474 g/mol. The van der Waals surface area contributed by atoms with Crippen LogP contribution < -0.4 is 25.9 Å². The average Bonchev–Trinajstić information content (AvgIpc) is 3.26. The van der Waals surface area contributed by atoms with Crippen molar-refractivity contribution >= 4 is 23.1 Å². The lowest BCUT2D eigenvalue weighted by Gasteiger charge is -2.39. The van der Waals surface area contributed by atoms with Crippen molar-refractivity contribution in [1.82, 2.24) is 0 Å². The molecule has 0 radical (unpaired) electrons. The first kappa shape index (κ1) is 19.9. The highest BCUT2D eigenvalue weighted by Crippen LogP contribution is 2.48. The SMILES string of the molecule is Cc1cccc(-c2ccc3c4c2Oc2cccc5c2B4c2c(cc4c(c2O3)Cc2ccc(C)cc2-4)C5)c1. The molecule has 0 unspecified atom stereocenters. The number of rotatable bonds is 1. The van der Waals surface area contributed by atoms with Gasteiger partial charge in [0.1, 0.15) is 23.0 Å². The number of hydrogen-bond acceptors (Lipinski definition) is 2. The van der Waals surface area contributed by atoms with Gasteiger partial charge in [0.2, 0.25) is 0 Å². The van der Waals surface area contributed by atoms with Gasteiger partial charge in [0.25, 0.3) is 6.71 Å². The van der Waals surface area contributed by atoms with Crippen molar-refractivity contribution in [1.29, 1.82) is 0 Å². The van der Waals surface area contributed by atoms with Crippen molar-refractivity contribution in [2.45, 2.75) is 26.7 Å². The standard InChI is InChI=1S/C34H23BO2/c1-18-5-3-6-20(13-18)24-11-12-29-32-33(24)36-28-8-4-7-22-15-23-17-26-25-14-19(2)9-10-21(25)16-27(26)34(37-29)31(23)35(32)30(22)28/h3-14,17H,15-16H2,1-2H3. The molecule has 3 aliphatic heterocycles. The maximum Gasteiger partial charge on any atom is 0.261 e. The molecule has 37 heavy (non-hydrogen) atoms. The lowest BCUT2D eigenvalue weighted by atomic mass is 9.31. The Bertz CT molecular complexity index is 1870. The second-order valence-electron chi connectivity index (χ2n) is 11.0. The normalized spacial score (nSPS) is 14.4. The Morgan fingerprint density at radius 3 is 2.32 bits per heavy atom. The van der Waals surface area contributed by atoms with Crippen LogP contribution in [0, 0.1) is 13.8 Å². The molecule has 0 amide bonds. The van der Waals surface area contributed by atoms with Crippen molar-refractivity contribution < 1.29 is 9.47 Å². The summed E-state index contributed by atoms with van der Waals surface area (Å²) in [6.07, 6.45) is 1.83. The van der Waals surface area contributed by atoms with Crippen molar-refractivity contribution in [3.05, 3.63) is 112 Å². The molecule has 174 valence electrons. The third-order valence-electron chi connectivity index (χ3n) is 8.74. The van der Waals surface area contributed by atoms with Crippen LogP contribution in [0.4, 0.5) is 0 Å². The van der Waals surface area contributed by atoms with Crippen LogP contribution in [0.5, 0.6) is 23.0 Å². The molecule has 1 aliphatic carbocycles. The van der Waals surface area contributed by atoms with Gasteiger partial charge < -0.3 is 9.47 Å². The molecule has 0 saturated heterocycles. The third kappa shape index (κ3) is 2.52. The van der Waals surface area contributed by atoms with Crippen LogP contribution in [0.25, 0.3) is 22.3 Å². The fourth-order valence-electron chi connectivity index (χ4n) is 7.16. The molecule has 3 heteroatoms. The average molecular weight is 474 g/mol. The second-order valence-corrected chi connectivity index (χ2v) is 11.0. The lowest BCUT2D eigenvalue weighted by molar-refractivity contribution is 0.462. The molecular weight excluding hydrogens is 451 g/mol. The van der Waals surface area contributed by atoms with Gasteiger partial charge in [0.05, 0.1) is 0 Å². The van der Waals surface area contributed by atoms with E-state index in [1.165, 1.54) is 66.5 Å². The summed E-state index contributed by atoms with van der Waals surface area (Å²) in [5.74, 6) is 3.93. The minimum Gasteiger partial charge on any atom is -0.458 e. The highest BCUT2D eigenvalue weighted by atomic mass is 16.5. The van der Waals surface area contributed by atoms with E-state index in [0.717, 1.165) is 41.4 Å². The Hall–Kier alpha value is -4.24. The molecular formula is C34H23BO2. The summed E-state index contributed by atoms with van der Waals surface area (Å²) in [6.45, 7) is 4.46. The molecule has 0 aromatic heterocycles. The molecule has 0 atom stereocenters. The summed E-state index contributed by atoms with van der Waals surface area (Å²) in [5, 5.41) is 0. The molecule has 0 fully saturated rings. The fraction of sp³-hybridized carbons (Fsp3) is 0.118. The minimum absolute atomic E-state index is 0.137. The maximum atomic E-state index is 6.89. The van der Waals surface area contributed by atoms with Crippen molar-refractivity contribution in [3.63, 3.8) is 0 Å². The van der Waals surface area contributed by atoms with E-state index in [-0.39, 0.29) is 6.71 Å². The smallest absolute Gasteiger partial charge is 0.261 e. The van der Waals surface area contributed by atoms with E-state index in [2.05, 4.69) is 92.7 Å². The Morgan fingerprint density at radius 2 is 1.41 bits per heavy atom. The molecule has 2 nitrogen and oxygen atoms in total. The zero-order valence-corrected chi connectivity index (χ0v) is 20.8. The van der Waals surface area contributed by atoms with Gasteiger partial charge in [-0.25, -0.2) is 0 Å². The summed E-state index contributed by atoms with van der Waals surface area (Å²) in [6, 6.07) is 28.9. The van der Waals surface area contributed by atoms with Gasteiger partial charge in [0.15, 0.2) is 0 Å². The second kappa shape index (κ2) is 6.74. The van der Waals surface area contributed by atoms with Gasteiger partial charge in [-0.05, 0) is 82.8 Å². The Kier molecular flexibility index (Phi) is 3.63. The number of aryl methyl sites for hydroxylation is 2. The molecule has 0 spiro atoms. The number of benzene rings is 5. The predicted molar refractivity (Wildman–Crippen MR) is 150 cm³/mol. The number of hydrogen-bond donors (Lipinski definition) is 0. The maximum absolute atomic E-state index is 6.89. The van der Waals surface area contributed by atoms with E-state index in [9.17, 15) is 0 Å². The topological polar surface area (TPSA) is 18.5 Å². The highest BCUT2D eigenvalue weighted by molar-refractivity contribution is 6.99. The molecule has 9 rings (SSSR count). The molecule has 3 heterocycles.